The third-order valence-electron chi connectivity index (χ3n) is 2.28. The molecule has 96 valence electrons. The quantitative estimate of drug-likeness (QED) is 0.498. The normalized spacial score (nSPS) is 20.4. The van der Waals surface area contributed by atoms with Crippen LogP contribution in [0.5, 0.6) is 0 Å². The number of nitrogens with zero attached hydrogens (tertiary/aromatic N) is 1. The van der Waals surface area contributed by atoms with Gasteiger partial charge in [-0.15, -0.1) is 0 Å². The van der Waals surface area contributed by atoms with E-state index in [9.17, 15) is 14.4 Å². The van der Waals surface area contributed by atoms with E-state index in [4.69, 9.17) is 4.74 Å². The van der Waals surface area contributed by atoms with E-state index in [-0.39, 0.29) is 18.9 Å². The van der Waals surface area contributed by atoms with Gasteiger partial charge in [0, 0.05) is 6.54 Å². The molecule has 0 aromatic rings. The summed E-state index contributed by atoms with van der Waals surface area (Å²) in [6.45, 7) is 5.14. The highest BCUT2D eigenvalue weighted by molar-refractivity contribution is 6.03. The maximum absolute atomic E-state index is 11.7. The molecular weight excluding hydrogens is 226 g/mol. The van der Waals surface area contributed by atoms with Gasteiger partial charge < -0.3 is 9.47 Å². The number of carbonyl (C=O) groups is 3. The molecule has 17 heavy (non-hydrogen) atoms. The van der Waals surface area contributed by atoms with Gasteiger partial charge in [-0.2, -0.15) is 0 Å². The lowest BCUT2D eigenvalue weighted by Crippen LogP contribution is -2.36. The van der Waals surface area contributed by atoms with Gasteiger partial charge in [-0.1, -0.05) is 0 Å². The van der Waals surface area contributed by atoms with Gasteiger partial charge in [0.2, 0.25) is 0 Å². The van der Waals surface area contributed by atoms with Crippen LogP contribution in [0.15, 0.2) is 0 Å². The average Bonchev–Trinajstić information content (AvgIpc) is 2.57. The van der Waals surface area contributed by atoms with Crippen LogP contribution >= 0.6 is 0 Å². The zero-order chi connectivity index (χ0) is 13.2. The number of ketones is 1. The largest absolute Gasteiger partial charge is 0.468 e. The maximum atomic E-state index is 11.7. The predicted octanol–water partition coefficient (Wildman–Crippen LogP) is 0.595. The lowest BCUT2D eigenvalue weighted by atomic mass is 10.1. The smallest absolute Gasteiger partial charge is 0.410 e. The van der Waals surface area contributed by atoms with Crippen LogP contribution in [0.25, 0.3) is 0 Å². The van der Waals surface area contributed by atoms with Crippen molar-refractivity contribution in [3.8, 4) is 0 Å². The topological polar surface area (TPSA) is 72.9 Å². The molecule has 6 heteroatoms. The van der Waals surface area contributed by atoms with Gasteiger partial charge in [-0.25, -0.2) is 4.79 Å². The highest BCUT2D eigenvalue weighted by atomic mass is 16.6. The van der Waals surface area contributed by atoms with E-state index in [0.717, 1.165) is 0 Å². The monoisotopic (exact) mass is 243 g/mol. The number of amides is 1. The lowest BCUT2D eigenvalue weighted by Gasteiger charge is -2.23. The first kappa shape index (κ1) is 13.5. The van der Waals surface area contributed by atoms with Crippen molar-refractivity contribution in [2.75, 3.05) is 20.2 Å². The van der Waals surface area contributed by atoms with E-state index >= 15 is 0 Å². The van der Waals surface area contributed by atoms with Crippen molar-refractivity contribution in [2.24, 2.45) is 5.92 Å². The number of esters is 1. The Balaban J connectivity index is 2.63. The fourth-order valence-electron chi connectivity index (χ4n) is 1.50. The zero-order valence-corrected chi connectivity index (χ0v) is 10.5. The number of methoxy groups -OCH3 is 1. The molecule has 1 fully saturated rings. The van der Waals surface area contributed by atoms with Crippen molar-refractivity contribution in [3.05, 3.63) is 0 Å². The minimum atomic E-state index is -0.882. The fourth-order valence-corrected chi connectivity index (χ4v) is 1.50. The minimum Gasteiger partial charge on any atom is -0.468 e. The molecule has 1 aliphatic heterocycles. The van der Waals surface area contributed by atoms with Gasteiger partial charge in [0.1, 0.15) is 11.5 Å². The van der Waals surface area contributed by atoms with Crippen molar-refractivity contribution in [3.63, 3.8) is 0 Å². The van der Waals surface area contributed by atoms with E-state index < -0.39 is 23.6 Å². The number of ether oxygens (including phenoxy) is 2. The molecule has 0 aliphatic carbocycles. The molecule has 0 aromatic heterocycles. The van der Waals surface area contributed by atoms with Crippen LogP contribution in [0.1, 0.15) is 20.8 Å². The maximum Gasteiger partial charge on any atom is 0.410 e. The Hall–Kier alpha value is -1.59. The number of hydrogen-bond acceptors (Lipinski definition) is 5. The number of hydrogen-bond donors (Lipinski definition) is 0. The molecule has 0 spiro atoms. The first-order chi connectivity index (χ1) is 7.74. The molecule has 1 aliphatic rings. The molecule has 6 nitrogen and oxygen atoms in total. The molecule has 1 unspecified atom stereocenters. The van der Waals surface area contributed by atoms with Crippen LogP contribution in [0.4, 0.5) is 4.79 Å². The summed E-state index contributed by atoms with van der Waals surface area (Å²) in [5, 5.41) is 0. The Bertz CT molecular complexity index is 344. The van der Waals surface area contributed by atoms with Crippen molar-refractivity contribution in [2.45, 2.75) is 26.4 Å². The number of carbonyl (C=O) groups excluding carboxylic acids is 3. The van der Waals surface area contributed by atoms with E-state index in [2.05, 4.69) is 4.74 Å². The molecule has 1 atom stereocenters. The summed E-state index contributed by atoms with van der Waals surface area (Å²) >= 11 is 0. The summed E-state index contributed by atoms with van der Waals surface area (Å²) < 4.78 is 9.61. The van der Waals surface area contributed by atoms with Gasteiger partial charge in [-0.05, 0) is 20.8 Å². The van der Waals surface area contributed by atoms with Crippen molar-refractivity contribution < 1.29 is 23.9 Å². The molecular formula is C11H17NO5. The molecule has 1 heterocycles. The van der Waals surface area contributed by atoms with Crippen LogP contribution in [-0.2, 0) is 19.1 Å². The summed E-state index contributed by atoms with van der Waals surface area (Å²) in [6.07, 6.45) is -0.586. The van der Waals surface area contributed by atoms with Crippen molar-refractivity contribution in [1.82, 2.24) is 4.90 Å². The van der Waals surface area contributed by atoms with Gasteiger partial charge in [0.05, 0.1) is 13.7 Å². The van der Waals surface area contributed by atoms with E-state index in [1.807, 2.05) is 0 Å². The number of likely N-dealkylation sites (tertiary alicyclic amines) is 1. The number of Topliss-reactive ketones (excluding diaryl/α,β-unsaturated/α-hetero) is 1. The summed E-state index contributed by atoms with van der Waals surface area (Å²) in [5.74, 6) is -1.81. The minimum absolute atomic E-state index is 0.0282. The molecule has 0 radical (unpaired) electrons. The van der Waals surface area contributed by atoms with Crippen LogP contribution in [-0.4, -0.2) is 48.5 Å². The summed E-state index contributed by atoms with van der Waals surface area (Å²) in [5.41, 5.74) is -0.622. The predicted molar refractivity (Wildman–Crippen MR) is 58.3 cm³/mol. The van der Waals surface area contributed by atoms with E-state index in [1.54, 1.807) is 20.8 Å². The van der Waals surface area contributed by atoms with Crippen LogP contribution < -0.4 is 0 Å². The van der Waals surface area contributed by atoms with Crippen molar-refractivity contribution >= 4 is 17.8 Å². The first-order valence-electron chi connectivity index (χ1n) is 5.33. The third-order valence-corrected chi connectivity index (χ3v) is 2.28. The van der Waals surface area contributed by atoms with E-state index in [0.29, 0.717) is 0 Å². The Morgan fingerprint density at radius 3 is 2.41 bits per heavy atom. The van der Waals surface area contributed by atoms with Crippen LogP contribution in [0.3, 0.4) is 0 Å². The molecule has 1 saturated heterocycles. The molecule has 0 bridgehead atoms. The second-order valence-electron chi connectivity index (χ2n) is 4.90. The fraction of sp³-hybridized carbons (Fsp3) is 0.727. The van der Waals surface area contributed by atoms with Gasteiger partial charge >= 0.3 is 12.1 Å². The van der Waals surface area contributed by atoms with Crippen LogP contribution in [0.2, 0.25) is 0 Å². The summed E-state index contributed by atoms with van der Waals surface area (Å²) in [7, 11) is 1.21. The van der Waals surface area contributed by atoms with Crippen LogP contribution in [0, 0.1) is 5.92 Å². The Morgan fingerprint density at radius 1 is 1.35 bits per heavy atom. The van der Waals surface area contributed by atoms with Gasteiger partial charge in [-0.3, -0.25) is 14.5 Å². The molecule has 1 rings (SSSR count). The molecule has 1 amide bonds. The third kappa shape index (κ3) is 3.44. The SMILES string of the molecule is COC(=O)C1CN(C(=O)OC(C)(C)C)CC1=O. The summed E-state index contributed by atoms with van der Waals surface area (Å²) in [4.78, 5) is 35.6. The van der Waals surface area contributed by atoms with Gasteiger partial charge in [0.15, 0.2) is 5.78 Å². The Morgan fingerprint density at radius 2 is 1.94 bits per heavy atom. The van der Waals surface area contributed by atoms with E-state index in [1.165, 1.54) is 12.0 Å². The highest BCUT2D eigenvalue weighted by Gasteiger charge is 2.40. The highest BCUT2D eigenvalue weighted by Crippen LogP contribution is 2.17. The zero-order valence-electron chi connectivity index (χ0n) is 10.5. The van der Waals surface area contributed by atoms with Gasteiger partial charge in [0.25, 0.3) is 0 Å². The standard InChI is InChI=1S/C11H17NO5/c1-11(2,3)17-10(15)12-5-7(8(13)6-12)9(14)16-4/h7H,5-6H2,1-4H3. The second kappa shape index (κ2) is 4.73. The Kier molecular flexibility index (Phi) is 3.75. The lowest BCUT2D eigenvalue weighted by molar-refractivity contribution is -0.147. The van der Waals surface area contributed by atoms with Crippen molar-refractivity contribution in [1.29, 1.82) is 0 Å². The second-order valence-corrected chi connectivity index (χ2v) is 4.90. The summed E-state index contributed by atoms with van der Waals surface area (Å²) in [6, 6.07) is 0. The molecule has 0 saturated carbocycles. The molecule has 0 N–H and O–H groups in total. The average molecular weight is 243 g/mol. The first-order valence-corrected chi connectivity index (χ1v) is 5.33. The number of rotatable bonds is 1. The Labute approximate surface area is 99.9 Å². The molecule has 0 aromatic carbocycles.